The molecule has 1 aliphatic rings. The van der Waals surface area contributed by atoms with Gasteiger partial charge in [0, 0.05) is 37.3 Å². The molecular weight excluding hydrogens is 298 g/mol. The van der Waals surface area contributed by atoms with Crippen LogP contribution in [0.15, 0.2) is 17.0 Å². The van der Waals surface area contributed by atoms with E-state index in [1.165, 1.54) is 6.26 Å². The number of amides is 2. The summed E-state index contributed by atoms with van der Waals surface area (Å²) in [6, 6.07) is -0.330. The predicted octanol–water partition coefficient (Wildman–Crippen LogP) is 1.18. The van der Waals surface area contributed by atoms with Crippen LogP contribution in [0.5, 0.6) is 0 Å². The summed E-state index contributed by atoms with van der Waals surface area (Å²) in [4.78, 5) is 26.4. The van der Waals surface area contributed by atoms with Crippen LogP contribution in [0, 0.1) is 19.8 Å². The lowest BCUT2D eigenvalue weighted by Gasteiger charge is -2.24. The molecule has 0 radical (unpaired) electrons. The quantitative estimate of drug-likeness (QED) is 0.917. The molecular formula is C15H19N5O3. The first kappa shape index (κ1) is 15.3. The van der Waals surface area contributed by atoms with Crippen molar-refractivity contribution in [2.45, 2.75) is 26.3 Å². The van der Waals surface area contributed by atoms with E-state index in [1.807, 2.05) is 14.0 Å². The Labute approximate surface area is 133 Å². The van der Waals surface area contributed by atoms with E-state index < -0.39 is 5.92 Å². The van der Waals surface area contributed by atoms with Crippen LogP contribution in [0.4, 0.5) is 5.82 Å². The fourth-order valence-electron chi connectivity index (χ4n) is 2.95. The SMILES string of the molecule is Cc1conc1NC(=O)[C@H]1CC(=O)N(C)[C@@H]1c1cnn(C)c1C. The summed E-state index contributed by atoms with van der Waals surface area (Å²) in [5, 5.41) is 10.7. The lowest BCUT2D eigenvalue weighted by atomic mass is 9.93. The maximum Gasteiger partial charge on any atom is 0.231 e. The second kappa shape index (κ2) is 5.53. The topological polar surface area (TPSA) is 93.3 Å². The number of hydrogen-bond donors (Lipinski definition) is 1. The molecule has 3 rings (SSSR count). The van der Waals surface area contributed by atoms with Gasteiger partial charge in [-0.25, -0.2) is 0 Å². The number of anilines is 1. The highest BCUT2D eigenvalue weighted by atomic mass is 16.5. The fourth-order valence-corrected chi connectivity index (χ4v) is 2.95. The zero-order valence-corrected chi connectivity index (χ0v) is 13.5. The molecule has 122 valence electrons. The van der Waals surface area contributed by atoms with Crippen LogP contribution in [-0.2, 0) is 16.6 Å². The van der Waals surface area contributed by atoms with E-state index in [1.54, 1.807) is 29.7 Å². The monoisotopic (exact) mass is 317 g/mol. The van der Waals surface area contributed by atoms with E-state index >= 15 is 0 Å². The highest BCUT2D eigenvalue weighted by Gasteiger charge is 2.44. The van der Waals surface area contributed by atoms with Gasteiger partial charge in [-0.05, 0) is 13.8 Å². The van der Waals surface area contributed by atoms with Gasteiger partial charge in [0.25, 0.3) is 0 Å². The van der Waals surface area contributed by atoms with Gasteiger partial charge >= 0.3 is 0 Å². The van der Waals surface area contributed by atoms with Crippen molar-refractivity contribution in [3.8, 4) is 0 Å². The Morgan fingerprint density at radius 2 is 2.13 bits per heavy atom. The second-order valence-corrected chi connectivity index (χ2v) is 5.90. The molecule has 3 heterocycles. The van der Waals surface area contributed by atoms with Crippen molar-refractivity contribution in [2.75, 3.05) is 12.4 Å². The van der Waals surface area contributed by atoms with Crippen LogP contribution in [-0.4, -0.2) is 38.7 Å². The van der Waals surface area contributed by atoms with Gasteiger partial charge in [-0.2, -0.15) is 5.10 Å². The first-order valence-corrected chi connectivity index (χ1v) is 7.36. The van der Waals surface area contributed by atoms with Gasteiger partial charge in [0.1, 0.15) is 6.26 Å². The van der Waals surface area contributed by atoms with Gasteiger partial charge < -0.3 is 14.7 Å². The summed E-state index contributed by atoms with van der Waals surface area (Å²) >= 11 is 0. The molecule has 0 spiro atoms. The van der Waals surface area contributed by atoms with E-state index in [0.29, 0.717) is 5.82 Å². The van der Waals surface area contributed by atoms with Crippen molar-refractivity contribution in [2.24, 2.45) is 13.0 Å². The predicted molar refractivity (Wildman–Crippen MR) is 81.4 cm³/mol. The van der Waals surface area contributed by atoms with Crippen molar-refractivity contribution >= 4 is 17.6 Å². The molecule has 0 aromatic carbocycles. The van der Waals surface area contributed by atoms with Crippen molar-refractivity contribution in [3.05, 3.63) is 29.3 Å². The average Bonchev–Trinajstić information content (AvgIpc) is 3.14. The van der Waals surface area contributed by atoms with Crippen LogP contribution in [0.2, 0.25) is 0 Å². The van der Waals surface area contributed by atoms with Crippen molar-refractivity contribution in [3.63, 3.8) is 0 Å². The lowest BCUT2D eigenvalue weighted by Crippen LogP contribution is -2.30. The maximum atomic E-state index is 12.7. The first-order chi connectivity index (χ1) is 10.9. The summed E-state index contributed by atoms with van der Waals surface area (Å²) in [5.41, 5.74) is 2.56. The average molecular weight is 317 g/mol. The van der Waals surface area contributed by atoms with Crippen LogP contribution < -0.4 is 5.32 Å². The van der Waals surface area contributed by atoms with Crippen LogP contribution in [0.3, 0.4) is 0 Å². The number of aromatic nitrogens is 3. The van der Waals surface area contributed by atoms with Crippen molar-refractivity contribution < 1.29 is 14.1 Å². The molecule has 1 aliphatic heterocycles. The van der Waals surface area contributed by atoms with Gasteiger partial charge in [-0.3, -0.25) is 14.3 Å². The Morgan fingerprint density at radius 3 is 2.70 bits per heavy atom. The lowest BCUT2D eigenvalue weighted by molar-refractivity contribution is -0.128. The number of hydrogen-bond acceptors (Lipinski definition) is 5. The van der Waals surface area contributed by atoms with E-state index in [0.717, 1.165) is 16.8 Å². The van der Waals surface area contributed by atoms with Gasteiger partial charge in [0.05, 0.1) is 18.2 Å². The molecule has 1 N–H and O–H groups in total. The molecule has 8 nitrogen and oxygen atoms in total. The molecule has 2 aromatic rings. The molecule has 8 heteroatoms. The molecule has 23 heavy (non-hydrogen) atoms. The maximum absolute atomic E-state index is 12.7. The molecule has 0 bridgehead atoms. The van der Waals surface area contributed by atoms with E-state index in [4.69, 9.17) is 4.52 Å². The second-order valence-electron chi connectivity index (χ2n) is 5.90. The molecule has 2 aromatic heterocycles. The van der Waals surface area contributed by atoms with Gasteiger partial charge in [0.15, 0.2) is 5.82 Å². The third kappa shape index (κ3) is 2.49. The normalized spacial score (nSPS) is 21.0. The smallest absolute Gasteiger partial charge is 0.231 e. The Morgan fingerprint density at radius 1 is 1.39 bits per heavy atom. The third-order valence-electron chi connectivity index (χ3n) is 4.50. The minimum Gasteiger partial charge on any atom is -0.362 e. The Balaban J connectivity index is 1.90. The number of rotatable bonds is 3. The standard InChI is InChI=1S/C15H19N5O3/c1-8-7-23-18-14(8)17-15(22)10-5-12(21)19(3)13(10)11-6-16-20(4)9(11)2/h6-7,10,13H,5H2,1-4H3,(H,17,18,22)/t10-,13-/m0/s1. The number of nitrogens with zero attached hydrogens (tertiary/aromatic N) is 4. The number of carbonyl (C=O) groups excluding carboxylic acids is 2. The Bertz CT molecular complexity index is 763. The molecule has 0 saturated carbocycles. The van der Waals surface area contributed by atoms with Crippen molar-refractivity contribution in [1.82, 2.24) is 19.8 Å². The number of nitrogens with one attached hydrogen (secondary N) is 1. The minimum absolute atomic E-state index is 0.0599. The van der Waals surface area contributed by atoms with Gasteiger partial charge in [-0.1, -0.05) is 5.16 Å². The summed E-state index contributed by atoms with van der Waals surface area (Å²) < 4.78 is 6.57. The molecule has 2 amide bonds. The summed E-state index contributed by atoms with van der Waals surface area (Å²) in [6.07, 6.45) is 3.35. The number of carbonyl (C=O) groups is 2. The molecule has 1 fully saturated rings. The highest BCUT2D eigenvalue weighted by Crippen LogP contribution is 2.38. The third-order valence-corrected chi connectivity index (χ3v) is 4.50. The summed E-state index contributed by atoms with van der Waals surface area (Å²) in [5.74, 6) is -0.409. The Kier molecular flexibility index (Phi) is 3.67. The Hall–Kier alpha value is -2.64. The zero-order chi connectivity index (χ0) is 16.7. The molecule has 0 aliphatic carbocycles. The summed E-state index contributed by atoms with van der Waals surface area (Å²) in [7, 11) is 3.55. The summed E-state index contributed by atoms with van der Waals surface area (Å²) in [6.45, 7) is 3.72. The number of likely N-dealkylation sites (tertiary alicyclic amines) is 1. The van der Waals surface area contributed by atoms with E-state index in [-0.39, 0.29) is 24.3 Å². The largest absolute Gasteiger partial charge is 0.362 e. The minimum atomic E-state index is -0.494. The molecule has 1 saturated heterocycles. The number of aryl methyl sites for hydroxylation is 2. The van der Waals surface area contributed by atoms with Crippen LogP contribution >= 0.6 is 0 Å². The van der Waals surface area contributed by atoms with Gasteiger partial charge in [0.2, 0.25) is 11.8 Å². The fraction of sp³-hybridized carbons (Fsp3) is 0.467. The van der Waals surface area contributed by atoms with E-state index in [9.17, 15) is 9.59 Å². The van der Waals surface area contributed by atoms with E-state index in [2.05, 4.69) is 15.6 Å². The van der Waals surface area contributed by atoms with Gasteiger partial charge in [-0.15, -0.1) is 0 Å². The zero-order valence-electron chi connectivity index (χ0n) is 13.5. The highest BCUT2D eigenvalue weighted by molar-refractivity contribution is 5.97. The van der Waals surface area contributed by atoms with Crippen molar-refractivity contribution in [1.29, 1.82) is 0 Å². The first-order valence-electron chi connectivity index (χ1n) is 7.36. The molecule has 2 atom stereocenters. The molecule has 0 unspecified atom stereocenters. The van der Waals surface area contributed by atoms with Crippen LogP contribution in [0.1, 0.15) is 29.3 Å². The van der Waals surface area contributed by atoms with Crippen LogP contribution in [0.25, 0.3) is 0 Å².